The molecule has 2 aromatic heterocycles. The largest absolute Gasteiger partial charge is 0.495 e. The van der Waals surface area contributed by atoms with Gasteiger partial charge in [-0.3, -0.25) is 15.2 Å². The second-order valence-electron chi connectivity index (χ2n) is 8.96. The molecule has 39 heavy (non-hydrogen) atoms. The number of ether oxygens (including phenoxy) is 3. The van der Waals surface area contributed by atoms with Crippen LogP contribution < -0.4 is 19.5 Å². The zero-order chi connectivity index (χ0) is 28.1. The number of imidazole rings is 1. The summed E-state index contributed by atoms with van der Waals surface area (Å²) in [6.07, 6.45) is 3.95. The van der Waals surface area contributed by atoms with E-state index in [-0.39, 0.29) is 21.7 Å². The van der Waals surface area contributed by atoms with Gasteiger partial charge in [0.1, 0.15) is 22.5 Å². The number of H-pyrrole nitrogens is 1. The van der Waals surface area contributed by atoms with Crippen molar-refractivity contribution in [3.05, 3.63) is 52.5 Å². The number of nitrogens with one attached hydrogen (secondary N) is 2. The summed E-state index contributed by atoms with van der Waals surface area (Å²) >= 11 is 13.3. The summed E-state index contributed by atoms with van der Waals surface area (Å²) in [4.78, 5) is 33.2. The fourth-order valence-electron chi connectivity index (χ4n) is 3.90. The van der Waals surface area contributed by atoms with Crippen LogP contribution in [-0.4, -0.2) is 84.3 Å². The van der Waals surface area contributed by atoms with Crippen LogP contribution in [0.3, 0.4) is 0 Å². The predicted octanol–water partition coefficient (Wildman–Crippen LogP) is 4.95. The molecular formula is C26H29Cl2N7O4. The van der Waals surface area contributed by atoms with Crippen LogP contribution in [0.1, 0.15) is 5.69 Å². The molecule has 0 unspecified atom stereocenters. The lowest BCUT2D eigenvalue weighted by molar-refractivity contribution is 0.215. The zero-order valence-corrected chi connectivity index (χ0v) is 23.7. The first-order chi connectivity index (χ1) is 18.7. The first kappa shape index (κ1) is 28.4. The van der Waals surface area contributed by atoms with E-state index in [9.17, 15) is 4.79 Å². The van der Waals surface area contributed by atoms with Gasteiger partial charge >= 0.3 is 6.09 Å². The fraction of sp³-hybridized carbons (Fsp3) is 0.308. The highest BCUT2D eigenvalue weighted by atomic mass is 35.5. The Morgan fingerprint density at radius 3 is 2.26 bits per heavy atom. The maximum Gasteiger partial charge on any atom is 0.419 e. The van der Waals surface area contributed by atoms with Crippen molar-refractivity contribution >= 4 is 46.3 Å². The molecule has 0 saturated carbocycles. The van der Waals surface area contributed by atoms with E-state index >= 15 is 0 Å². The smallest absolute Gasteiger partial charge is 0.419 e. The third-order valence-electron chi connectivity index (χ3n) is 5.85. The van der Waals surface area contributed by atoms with Gasteiger partial charge in [-0.05, 0) is 33.3 Å². The Morgan fingerprint density at radius 2 is 1.62 bits per heavy atom. The van der Waals surface area contributed by atoms with Crippen LogP contribution in [0.25, 0.3) is 22.2 Å². The van der Waals surface area contributed by atoms with E-state index in [2.05, 4.69) is 35.1 Å². The zero-order valence-electron chi connectivity index (χ0n) is 22.2. The minimum absolute atomic E-state index is 0.191. The molecular weight excluding hydrogens is 545 g/mol. The normalized spacial score (nSPS) is 11.3. The molecule has 0 aliphatic heterocycles. The molecule has 13 heteroatoms. The first-order valence-electron chi connectivity index (χ1n) is 11.9. The molecule has 2 N–H and O–H groups in total. The Bertz CT molecular complexity index is 1450. The molecule has 0 atom stereocenters. The molecule has 0 spiro atoms. The van der Waals surface area contributed by atoms with Gasteiger partial charge in [0.05, 0.1) is 36.2 Å². The van der Waals surface area contributed by atoms with Gasteiger partial charge in [-0.15, -0.1) is 0 Å². The molecule has 206 valence electrons. The Morgan fingerprint density at radius 1 is 0.949 bits per heavy atom. The van der Waals surface area contributed by atoms with Crippen LogP contribution >= 0.6 is 23.2 Å². The SMILES string of the molecule is COc1cc(OC)c(Cl)c(-c2ccc(OC(=O)Nc3ncc(CN(C)CCN(C)C)[nH]3)c3nccnc23)c1Cl. The number of hydrogen-bond acceptors (Lipinski definition) is 9. The number of rotatable bonds is 10. The lowest BCUT2D eigenvalue weighted by atomic mass is 10.0. The molecule has 0 fully saturated rings. The monoisotopic (exact) mass is 573 g/mol. The topological polar surface area (TPSA) is 118 Å². The van der Waals surface area contributed by atoms with Gasteiger partial charge in [0.2, 0.25) is 5.95 Å². The summed E-state index contributed by atoms with van der Waals surface area (Å²) in [5, 5.41) is 3.18. The third kappa shape index (κ3) is 6.51. The molecule has 2 aromatic carbocycles. The summed E-state index contributed by atoms with van der Waals surface area (Å²) in [6.45, 7) is 2.47. The van der Waals surface area contributed by atoms with Crippen molar-refractivity contribution in [3.63, 3.8) is 0 Å². The molecule has 0 bridgehead atoms. The number of aromatic nitrogens is 4. The van der Waals surface area contributed by atoms with E-state index in [0.717, 1.165) is 18.8 Å². The van der Waals surface area contributed by atoms with Gasteiger partial charge in [0.25, 0.3) is 0 Å². The van der Waals surface area contributed by atoms with Crippen LogP contribution in [-0.2, 0) is 6.54 Å². The Kier molecular flexibility index (Phi) is 9.08. The first-order valence-corrected chi connectivity index (χ1v) is 12.7. The molecule has 0 saturated heterocycles. The third-order valence-corrected chi connectivity index (χ3v) is 6.60. The summed E-state index contributed by atoms with van der Waals surface area (Å²) in [7, 11) is 9.07. The van der Waals surface area contributed by atoms with E-state index in [1.54, 1.807) is 24.4 Å². The van der Waals surface area contributed by atoms with E-state index in [1.807, 2.05) is 21.1 Å². The molecule has 0 aliphatic carbocycles. The number of amides is 1. The average molecular weight is 574 g/mol. The minimum Gasteiger partial charge on any atom is -0.495 e. The Hall–Kier alpha value is -3.64. The number of carbonyl (C=O) groups excluding carboxylic acids is 1. The van der Waals surface area contributed by atoms with E-state index in [0.29, 0.717) is 40.2 Å². The van der Waals surface area contributed by atoms with Crippen molar-refractivity contribution in [2.24, 2.45) is 0 Å². The number of hydrogen-bond donors (Lipinski definition) is 2. The Labute approximate surface area is 236 Å². The fourth-order valence-corrected chi connectivity index (χ4v) is 4.61. The summed E-state index contributed by atoms with van der Waals surface area (Å²) in [5.74, 6) is 1.22. The predicted molar refractivity (Wildman–Crippen MR) is 151 cm³/mol. The highest BCUT2D eigenvalue weighted by molar-refractivity contribution is 6.41. The molecule has 1 amide bonds. The molecule has 2 heterocycles. The maximum absolute atomic E-state index is 12.7. The second kappa shape index (κ2) is 12.5. The van der Waals surface area contributed by atoms with Crippen LogP contribution in [0.15, 0.2) is 36.8 Å². The number of halogens is 2. The van der Waals surface area contributed by atoms with Crippen LogP contribution in [0.4, 0.5) is 10.7 Å². The second-order valence-corrected chi connectivity index (χ2v) is 9.72. The molecule has 4 rings (SSSR count). The number of likely N-dealkylation sites (N-methyl/N-ethyl adjacent to an activating group) is 2. The summed E-state index contributed by atoms with van der Waals surface area (Å²) in [6, 6.07) is 4.89. The highest BCUT2D eigenvalue weighted by Gasteiger charge is 2.23. The Balaban J connectivity index is 1.56. The standard InChI is InChI=1S/C26H29Cl2N7O4/c1-34(2)10-11-35(3)14-15-13-31-25(32-15)33-26(36)39-17-7-6-16(23-24(17)30-9-8-29-23)20-21(27)18(37-4)12-19(38-5)22(20)28/h6-9,12-13H,10-11,14H2,1-5H3,(H2,31,32,33,36). The van der Waals surface area contributed by atoms with Crippen molar-refractivity contribution in [3.8, 4) is 28.4 Å². The van der Waals surface area contributed by atoms with Crippen LogP contribution in [0.5, 0.6) is 17.2 Å². The van der Waals surface area contributed by atoms with Crippen LogP contribution in [0.2, 0.25) is 10.0 Å². The summed E-state index contributed by atoms with van der Waals surface area (Å²) in [5.41, 5.74) is 2.63. The number of anilines is 1. The van der Waals surface area contributed by atoms with Gasteiger partial charge in [0.15, 0.2) is 5.75 Å². The number of methoxy groups -OCH3 is 2. The van der Waals surface area contributed by atoms with Crippen LogP contribution in [0, 0.1) is 0 Å². The molecule has 0 radical (unpaired) electrons. The van der Waals surface area contributed by atoms with Gasteiger partial charge in [-0.25, -0.2) is 14.8 Å². The summed E-state index contributed by atoms with van der Waals surface area (Å²) < 4.78 is 16.4. The quantitative estimate of drug-likeness (QED) is 0.271. The van der Waals surface area contributed by atoms with Crippen molar-refractivity contribution in [2.75, 3.05) is 53.8 Å². The van der Waals surface area contributed by atoms with E-state index < -0.39 is 6.09 Å². The maximum atomic E-state index is 12.7. The van der Waals surface area contributed by atoms with E-state index in [1.165, 1.54) is 26.6 Å². The number of carbonyl (C=O) groups is 1. The number of fused-ring (bicyclic) bond motifs is 1. The highest BCUT2D eigenvalue weighted by Crippen LogP contribution is 2.47. The van der Waals surface area contributed by atoms with Crippen molar-refractivity contribution in [1.29, 1.82) is 0 Å². The van der Waals surface area contributed by atoms with Crippen molar-refractivity contribution < 1.29 is 19.0 Å². The molecule has 0 aliphatic rings. The molecule has 11 nitrogen and oxygen atoms in total. The number of benzene rings is 2. The number of nitrogens with zero attached hydrogens (tertiary/aromatic N) is 5. The van der Waals surface area contributed by atoms with Gasteiger partial charge in [0, 0.05) is 49.2 Å². The van der Waals surface area contributed by atoms with E-state index in [4.69, 9.17) is 37.4 Å². The molecule has 4 aromatic rings. The van der Waals surface area contributed by atoms with Gasteiger partial charge < -0.3 is 24.1 Å². The van der Waals surface area contributed by atoms with Gasteiger partial charge in [-0.1, -0.05) is 23.2 Å². The number of aromatic amines is 1. The minimum atomic E-state index is -0.740. The van der Waals surface area contributed by atoms with Crippen molar-refractivity contribution in [1.82, 2.24) is 29.7 Å². The average Bonchev–Trinajstić information content (AvgIpc) is 3.35. The van der Waals surface area contributed by atoms with Gasteiger partial charge in [-0.2, -0.15) is 0 Å². The van der Waals surface area contributed by atoms with Crippen molar-refractivity contribution in [2.45, 2.75) is 6.54 Å². The lowest BCUT2D eigenvalue weighted by Gasteiger charge is -2.18. The lowest BCUT2D eigenvalue weighted by Crippen LogP contribution is -2.28.